The fraction of sp³-hybridized carbons (Fsp3) is 0.538. The van der Waals surface area contributed by atoms with Gasteiger partial charge in [-0.1, -0.05) is 12.1 Å². The van der Waals surface area contributed by atoms with Crippen LogP contribution in [0.3, 0.4) is 0 Å². The minimum absolute atomic E-state index is 0.143. The molecule has 0 radical (unpaired) electrons. The summed E-state index contributed by atoms with van der Waals surface area (Å²) in [6.07, 6.45) is -0.448. The summed E-state index contributed by atoms with van der Waals surface area (Å²) in [4.78, 5) is 0. The second-order valence-electron chi connectivity index (χ2n) is 4.53. The Labute approximate surface area is 104 Å². The van der Waals surface area contributed by atoms with Crippen molar-refractivity contribution in [1.29, 1.82) is 0 Å². The number of rotatable bonds is 6. The highest BCUT2D eigenvalue weighted by molar-refractivity contribution is 5.28. The highest BCUT2D eigenvalue weighted by Crippen LogP contribution is 2.23. The van der Waals surface area contributed by atoms with E-state index >= 15 is 0 Å². The molecule has 0 bridgehead atoms. The lowest BCUT2D eigenvalue weighted by Crippen LogP contribution is -2.18. The molecule has 1 aliphatic rings. The van der Waals surface area contributed by atoms with Crippen molar-refractivity contribution in [1.82, 2.24) is 5.32 Å². The van der Waals surface area contributed by atoms with Crippen LogP contribution in [0.15, 0.2) is 24.3 Å². The molecule has 0 atom stereocenters. The molecular weight excluding hydrogens is 243 g/mol. The lowest BCUT2D eigenvalue weighted by atomic mass is 10.1. The number of alkyl halides is 3. The van der Waals surface area contributed by atoms with Crippen LogP contribution in [-0.2, 0) is 6.42 Å². The molecular formula is C13H16F3NO. The number of hydrogen-bond acceptors (Lipinski definition) is 2. The average Bonchev–Trinajstić information content (AvgIpc) is 3.06. The quantitative estimate of drug-likeness (QED) is 0.792. The molecule has 0 spiro atoms. The molecule has 0 heterocycles. The molecule has 5 heteroatoms. The van der Waals surface area contributed by atoms with E-state index in [1.807, 2.05) is 6.07 Å². The second kappa shape index (κ2) is 5.61. The zero-order valence-corrected chi connectivity index (χ0v) is 9.96. The number of halogens is 3. The number of aryl methyl sites for hydroxylation is 1. The molecule has 1 aliphatic carbocycles. The van der Waals surface area contributed by atoms with Crippen LogP contribution >= 0.6 is 0 Å². The minimum Gasteiger partial charge on any atom is -0.406 e. The van der Waals surface area contributed by atoms with Crippen LogP contribution in [0.5, 0.6) is 5.75 Å². The van der Waals surface area contributed by atoms with Gasteiger partial charge in [0, 0.05) is 6.04 Å². The van der Waals surface area contributed by atoms with Gasteiger partial charge < -0.3 is 10.1 Å². The molecule has 0 aliphatic heterocycles. The maximum Gasteiger partial charge on any atom is 0.573 e. The first kappa shape index (κ1) is 13.2. The summed E-state index contributed by atoms with van der Waals surface area (Å²) < 4.78 is 40.0. The van der Waals surface area contributed by atoms with E-state index in [2.05, 4.69) is 10.1 Å². The number of nitrogens with one attached hydrogen (secondary N) is 1. The molecule has 0 amide bonds. The van der Waals surface area contributed by atoms with Crippen LogP contribution in [0.1, 0.15) is 24.8 Å². The normalized spacial score (nSPS) is 15.7. The van der Waals surface area contributed by atoms with E-state index in [0.29, 0.717) is 6.04 Å². The van der Waals surface area contributed by atoms with E-state index < -0.39 is 6.36 Å². The molecule has 100 valence electrons. The van der Waals surface area contributed by atoms with Gasteiger partial charge in [0.25, 0.3) is 0 Å². The van der Waals surface area contributed by atoms with Crippen LogP contribution in [0.4, 0.5) is 13.2 Å². The highest BCUT2D eigenvalue weighted by atomic mass is 19.4. The molecule has 1 N–H and O–H groups in total. The maximum absolute atomic E-state index is 12.0. The third kappa shape index (κ3) is 4.96. The third-order valence-corrected chi connectivity index (χ3v) is 2.78. The van der Waals surface area contributed by atoms with E-state index in [0.717, 1.165) is 24.9 Å². The zero-order chi connectivity index (χ0) is 13.0. The Morgan fingerprint density at radius 1 is 1.28 bits per heavy atom. The van der Waals surface area contributed by atoms with Gasteiger partial charge in [0.2, 0.25) is 0 Å². The standard InChI is InChI=1S/C13H16F3NO/c14-13(15,16)18-12-5-1-3-10(9-12)4-2-8-17-11-6-7-11/h1,3,5,9,11,17H,2,4,6-8H2. The van der Waals surface area contributed by atoms with Gasteiger partial charge in [-0.25, -0.2) is 0 Å². The van der Waals surface area contributed by atoms with E-state index in [1.54, 1.807) is 6.07 Å². The molecule has 1 fully saturated rings. The smallest absolute Gasteiger partial charge is 0.406 e. The van der Waals surface area contributed by atoms with Crippen molar-refractivity contribution in [3.8, 4) is 5.75 Å². The monoisotopic (exact) mass is 259 g/mol. The van der Waals surface area contributed by atoms with Gasteiger partial charge >= 0.3 is 6.36 Å². The zero-order valence-electron chi connectivity index (χ0n) is 9.96. The van der Waals surface area contributed by atoms with Crippen molar-refractivity contribution in [3.05, 3.63) is 29.8 Å². The van der Waals surface area contributed by atoms with Crippen molar-refractivity contribution >= 4 is 0 Å². The Balaban J connectivity index is 1.78. The Kier molecular flexibility index (Phi) is 4.11. The first-order chi connectivity index (χ1) is 8.53. The van der Waals surface area contributed by atoms with E-state index in [4.69, 9.17) is 0 Å². The molecule has 0 aromatic heterocycles. The van der Waals surface area contributed by atoms with Crippen LogP contribution in [-0.4, -0.2) is 18.9 Å². The maximum atomic E-state index is 12.0. The molecule has 0 unspecified atom stereocenters. The summed E-state index contributed by atoms with van der Waals surface area (Å²) in [5.41, 5.74) is 0.870. The first-order valence-electron chi connectivity index (χ1n) is 6.11. The fourth-order valence-corrected chi connectivity index (χ4v) is 1.78. The SMILES string of the molecule is FC(F)(F)Oc1cccc(CCCNC2CC2)c1. The largest absolute Gasteiger partial charge is 0.573 e. The summed E-state index contributed by atoms with van der Waals surface area (Å²) in [5.74, 6) is -0.143. The summed E-state index contributed by atoms with van der Waals surface area (Å²) in [7, 11) is 0. The van der Waals surface area contributed by atoms with Crippen LogP contribution in [0.25, 0.3) is 0 Å². The Morgan fingerprint density at radius 3 is 2.72 bits per heavy atom. The average molecular weight is 259 g/mol. The predicted molar refractivity (Wildman–Crippen MR) is 62.5 cm³/mol. The molecule has 1 saturated carbocycles. The van der Waals surface area contributed by atoms with Gasteiger partial charge in [-0.3, -0.25) is 0 Å². The molecule has 18 heavy (non-hydrogen) atoms. The van der Waals surface area contributed by atoms with Crippen molar-refractivity contribution in [2.45, 2.75) is 38.1 Å². The van der Waals surface area contributed by atoms with Gasteiger partial charge in [-0.2, -0.15) is 0 Å². The lowest BCUT2D eigenvalue weighted by molar-refractivity contribution is -0.274. The predicted octanol–water partition coefficient (Wildman–Crippen LogP) is 3.27. The third-order valence-electron chi connectivity index (χ3n) is 2.78. The van der Waals surface area contributed by atoms with Crippen molar-refractivity contribution in [2.24, 2.45) is 0 Å². The number of ether oxygens (including phenoxy) is 1. The van der Waals surface area contributed by atoms with Gasteiger partial charge in [-0.15, -0.1) is 13.2 Å². The van der Waals surface area contributed by atoms with Crippen LogP contribution in [0, 0.1) is 0 Å². The van der Waals surface area contributed by atoms with Crippen LogP contribution in [0.2, 0.25) is 0 Å². The topological polar surface area (TPSA) is 21.3 Å². The fourth-order valence-electron chi connectivity index (χ4n) is 1.78. The van der Waals surface area contributed by atoms with Crippen molar-refractivity contribution < 1.29 is 17.9 Å². The van der Waals surface area contributed by atoms with E-state index in [9.17, 15) is 13.2 Å². The molecule has 1 aromatic carbocycles. The van der Waals surface area contributed by atoms with Crippen LogP contribution < -0.4 is 10.1 Å². The van der Waals surface area contributed by atoms with E-state index in [-0.39, 0.29) is 5.75 Å². The molecule has 2 nitrogen and oxygen atoms in total. The first-order valence-corrected chi connectivity index (χ1v) is 6.11. The van der Waals surface area contributed by atoms with E-state index in [1.165, 1.54) is 25.0 Å². The van der Waals surface area contributed by atoms with Crippen molar-refractivity contribution in [3.63, 3.8) is 0 Å². The Hall–Kier alpha value is -1.23. The van der Waals surface area contributed by atoms with Crippen molar-refractivity contribution in [2.75, 3.05) is 6.54 Å². The summed E-state index contributed by atoms with van der Waals surface area (Å²) >= 11 is 0. The van der Waals surface area contributed by atoms with Gasteiger partial charge in [0.05, 0.1) is 0 Å². The van der Waals surface area contributed by atoms with Gasteiger partial charge in [0.1, 0.15) is 5.75 Å². The minimum atomic E-state index is -4.62. The summed E-state index contributed by atoms with van der Waals surface area (Å²) in [5, 5.41) is 3.37. The highest BCUT2D eigenvalue weighted by Gasteiger charge is 2.31. The molecule has 1 aromatic rings. The summed E-state index contributed by atoms with van der Waals surface area (Å²) in [6.45, 7) is 0.912. The van der Waals surface area contributed by atoms with Gasteiger partial charge in [-0.05, 0) is 49.9 Å². The summed E-state index contributed by atoms with van der Waals surface area (Å²) in [6, 6.07) is 6.85. The Bertz CT molecular complexity index is 388. The number of benzene rings is 1. The Morgan fingerprint density at radius 2 is 2.06 bits per heavy atom. The number of hydrogen-bond donors (Lipinski definition) is 1. The molecule has 0 saturated heterocycles. The second-order valence-corrected chi connectivity index (χ2v) is 4.53. The van der Waals surface area contributed by atoms with Gasteiger partial charge in [0.15, 0.2) is 0 Å². The lowest BCUT2D eigenvalue weighted by Gasteiger charge is -2.10. The molecule has 2 rings (SSSR count).